The van der Waals surface area contributed by atoms with Gasteiger partial charge in [0, 0.05) is 11.4 Å². The first-order chi connectivity index (χ1) is 13.5. The van der Waals surface area contributed by atoms with Crippen molar-refractivity contribution in [1.82, 2.24) is 15.5 Å². The van der Waals surface area contributed by atoms with Crippen molar-refractivity contribution in [3.8, 4) is 0 Å². The maximum absolute atomic E-state index is 12.9. The van der Waals surface area contributed by atoms with E-state index >= 15 is 0 Å². The molecule has 1 aromatic rings. The van der Waals surface area contributed by atoms with Gasteiger partial charge in [-0.05, 0) is 63.2 Å². The molecule has 3 unspecified atom stereocenters. The molecular formula is C19H30N6O2S. The van der Waals surface area contributed by atoms with E-state index in [-0.39, 0.29) is 17.6 Å². The van der Waals surface area contributed by atoms with Gasteiger partial charge in [-0.15, -0.1) is 11.3 Å². The lowest BCUT2D eigenvalue weighted by atomic mass is 9.92. The van der Waals surface area contributed by atoms with Crippen molar-refractivity contribution in [2.75, 3.05) is 19.6 Å². The van der Waals surface area contributed by atoms with Gasteiger partial charge in [-0.3, -0.25) is 15.0 Å². The highest BCUT2D eigenvalue weighted by atomic mass is 32.1. The number of nitrogens with zero attached hydrogens (tertiary/aromatic N) is 1. The zero-order valence-corrected chi connectivity index (χ0v) is 16.9. The first-order valence-electron chi connectivity index (χ1n) is 9.93. The van der Waals surface area contributed by atoms with E-state index in [1.807, 2.05) is 6.07 Å². The summed E-state index contributed by atoms with van der Waals surface area (Å²) in [4.78, 5) is 28.8. The van der Waals surface area contributed by atoms with E-state index in [1.165, 1.54) is 11.3 Å². The molecule has 0 saturated carbocycles. The predicted molar refractivity (Wildman–Crippen MR) is 110 cm³/mol. The molecule has 0 spiro atoms. The van der Waals surface area contributed by atoms with E-state index in [1.54, 1.807) is 11.0 Å². The lowest BCUT2D eigenvalue weighted by molar-refractivity contribution is -0.139. The summed E-state index contributed by atoms with van der Waals surface area (Å²) in [6.07, 6.45) is 4.36. The molecule has 0 bridgehead atoms. The molecule has 0 aliphatic carbocycles. The van der Waals surface area contributed by atoms with Crippen molar-refractivity contribution in [1.29, 1.82) is 5.41 Å². The quantitative estimate of drug-likeness (QED) is 0.329. The number of nitrogens with two attached hydrogens (primary N) is 2. The normalized spacial score (nSPS) is 23.4. The van der Waals surface area contributed by atoms with Gasteiger partial charge in [0.15, 0.2) is 0 Å². The Balaban J connectivity index is 1.52. The Hall–Kier alpha value is -1.97. The molecule has 3 rings (SSSR count). The lowest BCUT2D eigenvalue weighted by Crippen LogP contribution is -2.52. The highest BCUT2D eigenvalue weighted by Gasteiger charge is 2.36. The average Bonchev–Trinajstić information content (AvgIpc) is 3.36. The number of thiophene rings is 1. The molecule has 1 aromatic heterocycles. The first kappa shape index (κ1) is 20.8. The van der Waals surface area contributed by atoms with Crippen LogP contribution in [0.5, 0.6) is 0 Å². The van der Waals surface area contributed by atoms with E-state index in [0.717, 1.165) is 37.2 Å². The SMILES string of the molecule is N=C(N)c1ccc(CNC(=O)C2CCCN2C(=O)C(N)CC2CCCNC2)s1. The molecular weight excluding hydrogens is 376 g/mol. The van der Waals surface area contributed by atoms with Crippen molar-refractivity contribution in [3.05, 3.63) is 21.9 Å². The number of piperidine rings is 1. The highest BCUT2D eigenvalue weighted by molar-refractivity contribution is 7.14. The van der Waals surface area contributed by atoms with Crippen LogP contribution in [-0.2, 0) is 16.1 Å². The molecule has 0 aromatic carbocycles. The Morgan fingerprint density at radius 2 is 2.18 bits per heavy atom. The summed E-state index contributed by atoms with van der Waals surface area (Å²) in [6.45, 7) is 2.90. The number of nitrogen functional groups attached to an aromatic ring is 1. The zero-order chi connectivity index (χ0) is 20.1. The molecule has 3 heterocycles. The maximum Gasteiger partial charge on any atom is 0.243 e. The van der Waals surface area contributed by atoms with Crippen molar-refractivity contribution < 1.29 is 9.59 Å². The Bertz CT molecular complexity index is 715. The second-order valence-corrected chi connectivity index (χ2v) is 8.81. The maximum atomic E-state index is 12.9. The second-order valence-electron chi connectivity index (χ2n) is 7.64. The Morgan fingerprint density at radius 1 is 1.36 bits per heavy atom. The number of nitrogens with one attached hydrogen (secondary N) is 3. The number of likely N-dealkylation sites (tertiary alicyclic amines) is 1. The van der Waals surface area contributed by atoms with Gasteiger partial charge in [0.2, 0.25) is 11.8 Å². The van der Waals surface area contributed by atoms with Gasteiger partial charge in [-0.2, -0.15) is 0 Å². The van der Waals surface area contributed by atoms with Crippen LogP contribution in [0.2, 0.25) is 0 Å². The summed E-state index contributed by atoms with van der Waals surface area (Å²) in [5, 5.41) is 13.7. The lowest BCUT2D eigenvalue weighted by Gasteiger charge is -2.29. The number of hydrogen-bond donors (Lipinski definition) is 5. The van der Waals surface area contributed by atoms with Crippen molar-refractivity contribution >= 4 is 29.0 Å². The second kappa shape index (κ2) is 9.49. The fourth-order valence-electron chi connectivity index (χ4n) is 4.01. The minimum Gasteiger partial charge on any atom is -0.383 e. The Labute approximate surface area is 169 Å². The van der Waals surface area contributed by atoms with Crippen LogP contribution in [0.15, 0.2) is 12.1 Å². The molecule has 2 amide bonds. The van der Waals surface area contributed by atoms with Crippen LogP contribution in [0.25, 0.3) is 0 Å². The van der Waals surface area contributed by atoms with Crippen LogP contribution in [-0.4, -0.2) is 54.3 Å². The van der Waals surface area contributed by atoms with Crippen LogP contribution >= 0.6 is 11.3 Å². The van der Waals surface area contributed by atoms with Crippen LogP contribution in [0.3, 0.4) is 0 Å². The van der Waals surface area contributed by atoms with Crippen LogP contribution < -0.4 is 22.1 Å². The van der Waals surface area contributed by atoms with E-state index in [2.05, 4.69) is 10.6 Å². The standard InChI is InChI=1S/C19H30N6O2S/c20-14(9-12-3-1-7-23-10-12)19(27)25-8-2-4-15(25)18(26)24-11-13-5-6-16(28-13)17(21)22/h5-6,12,14-15,23H,1-4,7-11,20H2,(H3,21,22)(H,24,26). The summed E-state index contributed by atoms with van der Waals surface area (Å²) in [6, 6.07) is 2.64. The fraction of sp³-hybridized carbons (Fsp3) is 0.632. The minimum absolute atomic E-state index is 0.0253. The van der Waals surface area contributed by atoms with E-state index in [4.69, 9.17) is 16.9 Å². The smallest absolute Gasteiger partial charge is 0.243 e. The van der Waals surface area contributed by atoms with Crippen LogP contribution in [0.4, 0.5) is 0 Å². The third kappa shape index (κ3) is 5.09. The summed E-state index contributed by atoms with van der Waals surface area (Å²) in [7, 11) is 0. The van der Waals surface area contributed by atoms with Gasteiger partial charge in [0.1, 0.15) is 11.9 Å². The van der Waals surface area contributed by atoms with Crippen LogP contribution in [0, 0.1) is 11.3 Å². The van der Waals surface area contributed by atoms with E-state index in [9.17, 15) is 9.59 Å². The molecule has 2 aliphatic heterocycles. The van der Waals surface area contributed by atoms with Gasteiger partial charge in [-0.25, -0.2) is 0 Å². The molecule has 2 fully saturated rings. The molecule has 154 valence electrons. The van der Waals surface area contributed by atoms with Crippen molar-refractivity contribution in [2.45, 2.75) is 50.7 Å². The molecule has 8 nitrogen and oxygen atoms in total. The number of hydrogen-bond acceptors (Lipinski definition) is 6. The van der Waals surface area contributed by atoms with Crippen LogP contribution in [0.1, 0.15) is 41.9 Å². The van der Waals surface area contributed by atoms with Gasteiger partial charge in [0.05, 0.1) is 17.5 Å². The first-order valence-corrected chi connectivity index (χ1v) is 10.7. The number of amidine groups is 1. The fourth-order valence-corrected chi connectivity index (χ4v) is 4.82. The molecule has 7 N–H and O–H groups in total. The molecule has 2 aliphatic rings. The minimum atomic E-state index is -0.547. The summed E-state index contributed by atoms with van der Waals surface area (Å²) in [5.74, 6) is 0.197. The van der Waals surface area contributed by atoms with E-state index < -0.39 is 12.1 Å². The highest BCUT2D eigenvalue weighted by Crippen LogP contribution is 2.22. The third-order valence-corrected chi connectivity index (χ3v) is 6.62. The molecule has 9 heteroatoms. The zero-order valence-electron chi connectivity index (χ0n) is 16.1. The van der Waals surface area contributed by atoms with Gasteiger partial charge >= 0.3 is 0 Å². The summed E-state index contributed by atoms with van der Waals surface area (Å²) >= 11 is 1.39. The average molecular weight is 407 g/mol. The Kier molecular flexibility index (Phi) is 7.03. The monoisotopic (exact) mass is 406 g/mol. The van der Waals surface area contributed by atoms with Gasteiger partial charge in [0.25, 0.3) is 0 Å². The van der Waals surface area contributed by atoms with E-state index in [0.29, 0.717) is 36.7 Å². The number of carbonyl (C=O) groups is 2. The Morgan fingerprint density at radius 3 is 2.86 bits per heavy atom. The molecule has 2 saturated heterocycles. The topological polar surface area (TPSA) is 137 Å². The number of rotatable bonds is 7. The van der Waals surface area contributed by atoms with Gasteiger partial charge < -0.3 is 27.0 Å². The molecule has 3 atom stereocenters. The predicted octanol–water partition coefficient (Wildman–Crippen LogP) is 0.356. The van der Waals surface area contributed by atoms with Crippen molar-refractivity contribution in [3.63, 3.8) is 0 Å². The number of carbonyl (C=O) groups excluding carboxylic acids is 2. The van der Waals surface area contributed by atoms with Crippen molar-refractivity contribution in [2.24, 2.45) is 17.4 Å². The van der Waals surface area contributed by atoms with Gasteiger partial charge in [-0.1, -0.05) is 0 Å². The third-order valence-electron chi connectivity index (χ3n) is 5.51. The largest absolute Gasteiger partial charge is 0.383 e. The number of amides is 2. The summed E-state index contributed by atoms with van der Waals surface area (Å²) < 4.78 is 0. The molecule has 28 heavy (non-hydrogen) atoms. The summed E-state index contributed by atoms with van der Waals surface area (Å²) in [5.41, 5.74) is 11.7. The molecule has 0 radical (unpaired) electrons.